The molecule has 5 heteroatoms. The van der Waals surface area contributed by atoms with E-state index in [1.54, 1.807) is 43.3 Å². The number of carbonyl (C=O) groups is 2. The van der Waals surface area contributed by atoms with E-state index < -0.39 is 29.0 Å². The number of rotatable bonds is 3. The van der Waals surface area contributed by atoms with Gasteiger partial charge >= 0.3 is 5.97 Å². The number of carbonyl (C=O) groups excluding carboxylic acids is 2. The van der Waals surface area contributed by atoms with Gasteiger partial charge in [-0.15, -0.1) is 0 Å². The second kappa shape index (κ2) is 5.14. The van der Waals surface area contributed by atoms with E-state index in [0.717, 1.165) is 0 Å². The van der Waals surface area contributed by atoms with Crippen molar-refractivity contribution in [3.63, 3.8) is 0 Å². The molecule has 0 bridgehead atoms. The fourth-order valence-electron chi connectivity index (χ4n) is 2.58. The molecule has 2 rings (SSSR count). The normalized spacial score (nSPS) is 27.9. The first-order valence-corrected chi connectivity index (χ1v) is 6.20. The van der Waals surface area contributed by atoms with Gasteiger partial charge in [-0.3, -0.25) is 4.79 Å². The second-order valence-electron chi connectivity index (χ2n) is 4.50. The lowest BCUT2D eigenvalue weighted by Gasteiger charge is -2.43. The van der Waals surface area contributed by atoms with E-state index in [-0.39, 0.29) is 6.61 Å². The monoisotopic (exact) mass is 268 g/mol. The Morgan fingerprint density at radius 2 is 2.00 bits per heavy atom. The second-order valence-corrected chi connectivity index (χ2v) is 4.50. The Morgan fingerprint density at radius 3 is 2.50 bits per heavy atom. The van der Waals surface area contributed by atoms with Gasteiger partial charge in [-0.05, 0) is 12.5 Å². The van der Waals surface area contributed by atoms with Crippen LogP contribution in [-0.2, 0) is 14.3 Å². The van der Waals surface area contributed by atoms with E-state index in [0.29, 0.717) is 5.56 Å². The van der Waals surface area contributed by atoms with Crippen LogP contribution in [0.3, 0.4) is 0 Å². The molecule has 1 aliphatic rings. The number of Topliss-reactive ketones (excluding diaryl/α,β-unsaturated/α-hetero) is 1. The molecular weight excluding hydrogens is 256 g/mol. The van der Waals surface area contributed by atoms with Crippen molar-refractivity contribution in [1.82, 2.24) is 0 Å². The fraction of sp³-hybridized carbons (Fsp3) is 0.333. The fourth-order valence-corrected chi connectivity index (χ4v) is 2.58. The molecule has 5 nitrogen and oxygen atoms in total. The number of ether oxygens (including phenoxy) is 1. The predicted molar refractivity (Wildman–Crippen MR) is 68.0 cm³/mol. The highest BCUT2D eigenvalue weighted by atomic mass is 16.5. The van der Waals surface area contributed by atoms with Crippen LogP contribution in [0.2, 0.25) is 0 Å². The average Bonchev–Trinajstić information content (AvgIpc) is 2.47. The summed E-state index contributed by atoms with van der Waals surface area (Å²) in [5.41, 5.74) is -1.27. The summed E-state index contributed by atoms with van der Waals surface area (Å²) >= 11 is 0. The van der Waals surface area contributed by atoms with Crippen molar-refractivity contribution in [3.05, 3.63) is 35.9 Å². The molecule has 3 unspecified atom stereocenters. The van der Waals surface area contributed by atoms with E-state index in [9.17, 15) is 14.9 Å². The third-order valence-corrected chi connectivity index (χ3v) is 3.54. The molecule has 1 aliphatic carbocycles. The molecule has 0 N–H and O–H groups in total. The molecule has 0 radical (unpaired) electrons. The van der Waals surface area contributed by atoms with Gasteiger partial charge in [0.05, 0.1) is 18.7 Å². The number of esters is 1. The smallest absolute Gasteiger partial charge is 0.334 e. The van der Waals surface area contributed by atoms with Crippen LogP contribution in [0, 0.1) is 34.0 Å². The van der Waals surface area contributed by atoms with Crippen LogP contribution in [0.5, 0.6) is 0 Å². The SMILES string of the molecule is CCOC(=O)C1(C#N)C(=O)C(C#N)C1c1ccccc1. The van der Waals surface area contributed by atoms with Gasteiger partial charge in [-0.25, -0.2) is 4.79 Å². The summed E-state index contributed by atoms with van der Waals surface area (Å²) in [6.45, 7) is 1.68. The molecule has 0 heterocycles. The molecule has 100 valence electrons. The number of hydrogen-bond donors (Lipinski definition) is 0. The number of benzene rings is 1. The summed E-state index contributed by atoms with van der Waals surface area (Å²) in [6.07, 6.45) is 0. The van der Waals surface area contributed by atoms with Crippen LogP contribution in [0.15, 0.2) is 30.3 Å². The molecule has 3 atom stereocenters. The first-order valence-electron chi connectivity index (χ1n) is 6.20. The lowest BCUT2D eigenvalue weighted by Crippen LogP contribution is -2.59. The average molecular weight is 268 g/mol. The molecule has 0 amide bonds. The van der Waals surface area contributed by atoms with Crippen molar-refractivity contribution in [2.75, 3.05) is 6.61 Å². The summed E-state index contributed by atoms with van der Waals surface area (Å²) in [6, 6.07) is 12.3. The molecule has 1 aromatic rings. The molecule has 1 saturated carbocycles. The number of nitrogens with zero attached hydrogens (tertiary/aromatic N) is 2. The van der Waals surface area contributed by atoms with Gasteiger partial charge in [-0.2, -0.15) is 10.5 Å². The van der Waals surface area contributed by atoms with Crippen molar-refractivity contribution in [3.8, 4) is 12.1 Å². The maximum absolute atomic E-state index is 12.1. The predicted octanol–water partition coefficient (Wildman–Crippen LogP) is 1.57. The number of ketones is 1. The Labute approximate surface area is 116 Å². The van der Waals surface area contributed by atoms with Gasteiger partial charge in [0.15, 0.2) is 5.78 Å². The molecular formula is C15H12N2O3. The summed E-state index contributed by atoms with van der Waals surface area (Å²) < 4.78 is 4.86. The van der Waals surface area contributed by atoms with E-state index in [1.807, 2.05) is 6.07 Å². The Hall–Kier alpha value is -2.66. The highest BCUT2D eigenvalue weighted by Gasteiger charge is 2.69. The number of hydrogen-bond acceptors (Lipinski definition) is 5. The van der Waals surface area contributed by atoms with Crippen molar-refractivity contribution < 1.29 is 14.3 Å². The Kier molecular flexibility index (Phi) is 3.54. The van der Waals surface area contributed by atoms with Gasteiger partial charge in [0.1, 0.15) is 5.92 Å². The van der Waals surface area contributed by atoms with Crippen molar-refractivity contribution in [2.45, 2.75) is 12.8 Å². The summed E-state index contributed by atoms with van der Waals surface area (Å²) in [5.74, 6) is -3.30. The Bertz CT molecular complexity index is 627. The van der Waals surface area contributed by atoms with E-state index in [1.165, 1.54) is 0 Å². The summed E-state index contributed by atoms with van der Waals surface area (Å²) in [7, 11) is 0. The van der Waals surface area contributed by atoms with Crippen LogP contribution >= 0.6 is 0 Å². The first kappa shape index (κ1) is 13.8. The minimum atomic E-state index is -1.89. The molecule has 0 spiro atoms. The molecule has 1 aromatic carbocycles. The lowest BCUT2D eigenvalue weighted by atomic mass is 9.51. The topological polar surface area (TPSA) is 90.9 Å². The third-order valence-electron chi connectivity index (χ3n) is 3.54. The van der Waals surface area contributed by atoms with Crippen LogP contribution in [0.25, 0.3) is 0 Å². The van der Waals surface area contributed by atoms with Crippen LogP contribution in [0.4, 0.5) is 0 Å². The van der Waals surface area contributed by atoms with Gasteiger partial charge < -0.3 is 4.74 Å². The highest BCUT2D eigenvalue weighted by molar-refractivity contribution is 6.15. The highest BCUT2D eigenvalue weighted by Crippen LogP contribution is 2.54. The summed E-state index contributed by atoms with van der Waals surface area (Å²) in [5, 5.41) is 18.5. The molecule has 0 saturated heterocycles. The van der Waals surface area contributed by atoms with E-state index in [4.69, 9.17) is 10.00 Å². The largest absolute Gasteiger partial charge is 0.464 e. The van der Waals surface area contributed by atoms with Crippen molar-refractivity contribution in [2.24, 2.45) is 11.3 Å². The van der Waals surface area contributed by atoms with Crippen molar-refractivity contribution >= 4 is 11.8 Å². The van der Waals surface area contributed by atoms with E-state index >= 15 is 0 Å². The molecule has 0 aliphatic heterocycles. The minimum Gasteiger partial charge on any atom is -0.464 e. The van der Waals surface area contributed by atoms with Gasteiger partial charge in [0, 0.05) is 5.92 Å². The Balaban J connectivity index is 2.51. The van der Waals surface area contributed by atoms with Crippen LogP contribution < -0.4 is 0 Å². The van der Waals surface area contributed by atoms with Gasteiger partial charge in [0.2, 0.25) is 5.41 Å². The van der Waals surface area contributed by atoms with Crippen molar-refractivity contribution in [1.29, 1.82) is 10.5 Å². The molecule has 20 heavy (non-hydrogen) atoms. The maximum atomic E-state index is 12.1. The maximum Gasteiger partial charge on any atom is 0.334 e. The van der Waals surface area contributed by atoms with Crippen LogP contribution in [-0.4, -0.2) is 18.4 Å². The third kappa shape index (κ3) is 1.68. The minimum absolute atomic E-state index is 0.0777. The van der Waals surface area contributed by atoms with Gasteiger partial charge in [0.25, 0.3) is 0 Å². The van der Waals surface area contributed by atoms with Crippen LogP contribution in [0.1, 0.15) is 18.4 Å². The standard InChI is InChI=1S/C15H12N2O3/c1-2-20-14(19)15(9-17)12(11(8-16)13(15)18)10-6-4-3-5-7-10/h3-7,11-12H,2H2,1H3. The van der Waals surface area contributed by atoms with E-state index in [2.05, 4.69) is 0 Å². The zero-order valence-corrected chi connectivity index (χ0v) is 10.9. The molecule has 0 aromatic heterocycles. The molecule has 1 fully saturated rings. The number of nitriles is 2. The summed E-state index contributed by atoms with van der Waals surface area (Å²) in [4.78, 5) is 24.2. The van der Waals surface area contributed by atoms with Gasteiger partial charge in [-0.1, -0.05) is 30.3 Å². The Morgan fingerprint density at radius 1 is 1.35 bits per heavy atom. The first-order chi connectivity index (χ1) is 9.63. The zero-order valence-electron chi connectivity index (χ0n) is 10.9. The zero-order chi connectivity index (χ0) is 14.8. The lowest BCUT2D eigenvalue weighted by molar-refractivity contribution is -0.166. The quantitative estimate of drug-likeness (QED) is 0.613.